The predicted molar refractivity (Wildman–Crippen MR) is 92.1 cm³/mol. The number of benzene rings is 4. The fraction of sp³-hybridized carbons (Fsp3) is 0.143. The van der Waals surface area contributed by atoms with Gasteiger partial charge in [0.05, 0.1) is 0 Å². The highest BCUT2D eigenvalue weighted by Gasteiger charge is 2.20. The molecule has 0 fully saturated rings. The molecule has 100 valence electrons. The van der Waals surface area contributed by atoms with E-state index in [1.807, 2.05) is 0 Å². The third kappa shape index (κ3) is 1.30. The first kappa shape index (κ1) is 11.3. The van der Waals surface area contributed by atoms with E-state index in [9.17, 15) is 0 Å². The Morgan fingerprint density at radius 1 is 0.762 bits per heavy atom. The minimum Gasteiger partial charge on any atom is -0.0654 e. The maximum absolute atomic E-state index is 2.40. The Morgan fingerprint density at radius 3 is 2.29 bits per heavy atom. The summed E-state index contributed by atoms with van der Waals surface area (Å²) in [4.78, 5) is 0. The summed E-state index contributed by atoms with van der Waals surface area (Å²) in [5.41, 5.74) is 5.96. The van der Waals surface area contributed by atoms with E-state index in [2.05, 4.69) is 62.4 Å². The van der Waals surface area contributed by atoms with Gasteiger partial charge in [0.2, 0.25) is 0 Å². The maximum atomic E-state index is 2.40. The molecule has 0 saturated carbocycles. The van der Waals surface area contributed by atoms with Crippen LogP contribution in [0.3, 0.4) is 0 Å². The molecular formula is C21H16. The van der Waals surface area contributed by atoms with Crippen molar-refractivity contribution in [3.05, 3.63) is 65.2 Å². The van der Waals surface area contributed by atoms with Crippen LogP contribution in [0.15, 0.2) is 54.1 Å². The van der Waals surface area contributed by atoms with Gasteiger partial charge in [-0.25, -0.2) is 0 Å². The summed E-state index contributed by atoms with van der Waals surface area (Å²) < 4.78 is 0. The van der Waals surface area contributed by atoms with Crippen LogP contribution in [0.1, 0.15) is 25.0 Å². The molecule has 0 N–H and O–H groups in total. The van der Waals surface area contributed by atoms with Gasteiger partial charge in [0.25, 0.3) is 0 Å². The van der Waals surface area contributed by atoms with Crippen molar-refractivity contribution in [2.24, 2.45) is 0 Å². The smallest absolute Gasteiger partial charge is 0.00235 e. The first-order chi connectivity index (χ1) is 10.2. The predicted octanol–water partition coefficient (Wildman–Crippen LogP) is 5.93. The Kier molecular flexibility index (Phi) is 1.97. The molecule has 4 aromatic carbocycles. The monoisotopic (exact) mass is 268 g/mol. The molecule has 0 amide bonds. The Labute approximate surface area is 124 Å². The van der Waals surface area contributed by atoms with Gasteiger partial charge in [-0.15, -0.1) is 0 Å². The van der Waals surface area contributed by atoms with Crippen LogP contribution in [-0.4, -0.2) is 0 Å². The lowest BCUT2D eigenvalue weighted by Crippen LogP contribution is -1.91. The summed E-state index contributed by atoms with van der Waals surface area (Å²) in [6.45, 7) is 4.53. The molecule has 0 saturated heterocycles. The number of fused-ring (bicyclic) bond motifs is 2. The molecule has 5 rings (SSSR count). The van der Waals surface area contributed by atoms with Crippen LogP contribution in [0.4, 0.5) is 0 Å². The van der Waals surface area contributed by atoms with Crippen molar-refractivity contribution < 1.29 is 0 Å². The topological polar surface area (TPSA) is 0 Å². The van der Waals surface area contributed by atoms with Gasteiger partial charge in [0.1, 0.15) is 0 Å². The minimum atomic E-state index is 1.11. The average molecular weight is 268 g/mol. The SMILES string of the molecule is CC1=C(C)c2cc3ccc4cccc5ccc(c2C1)c3c45. The van der Waals surface area contributed by atoms with Crippen molar-refractivity contribution in [1.82, 2.24) is 0 Å². The van der Waals surface area contributed by atoms with Gasteiger partial charge in [0.15, 0.2) is 0 Å². The third-order valence-corrected chi connectivity index (χ3v) is 5.25. The first-order valence-electron chi connectivity index (χ1n) is 7.60. The number of allylic oxidation sites excluding steroid dienone is 2. The molecule has 0 aromatic heterocycles. The minimum absolute atomic E-state index is 1.11. The van der Waals surface area contributed by atoms with Gasteiger partial charge in [-0.05, 0) is 75.4 Å². The summed E-state index contributed by atoms with van der Waals surface area (Å²) in [5, 5.41) is 8.41. The van der Waals surface area contributed by atoms with Gasteiger partial charge in [-0.1, -0.05) is 48.0 Å². The van der Waals surface area contributed by atoms with E-state index in [4.69, 9.17) is 0 Å². The summed E-state index contributed by atoms with van der Waals surface area (Å²) in [5.74, 6) is 0. The van der Waals surface area contributed by atoms with Crippen molar-refractivity contribution in [3.63, 3.8) is 0 Å². The molecule has 21 heavy (non-hydrogen) atoms. The molecular weight excluding hydrogens is 252 g/mol. The zero-order valence-corrected chi connectivity index (χ0v) is 12.3. The quantitative estimate of drug-likeness (QED) is 0.346. The van der Waals surface area contributed by atoms with Gasteiger partial charge < -0.3 is 0 Å². The Balaban J connectivity index is 2.09. The molecule has 0 unspecified atom stereocenters. The second-order valence-corrected chi connectivity index (χ2v) is 6.34. The largest absolute Gasteiger partial charge is 0.0654 e. The van der Waals surface area contributed by atoms with E-state index >= 15 is 0 Å². The second-order valence-electron chi connectivity index (χ2n) is 6.34. The first-order valence-corrected chi connectivity index (χ1v) is 7.60. The Hall–Kier alpha value is -2.34. The normalized spacial score (nSPS) is 14.8. The maximum Gasteiger partial charge on any atom is -0.00235 e. The lowest BCUT2D eigenvalue weighted by Gasteiger charge is -2.14. The van der Waals surface area contributed by atoms with Crippen molar-refractivity contribution in [1.29, 1.82) is 0 Å². The second kappa shape index (κ2) is 3.65. The summed E-state index contributed by atoms with van der Waals surface area (Å²) in [6.07, 6.45) is 1.11. The molecule has 0 bridgehead atoms. The summed E-state index contributed by atoms with van der Waals surface area (Å²) in [6, 6.07) is 18.2. The van der Waals surface area contributed by atoms with Crippen LogP contribution in [0.5, 0.6) is 0 Å². The van der Waals surface area contributed by atoms with E-state index in [1.165, 1.54) is 54.6 Å². The van der Waals surface area contributed by atoms with Crippen LogP contribution in [0, 0.1) is 0 Å². The van der Waals surface area contributed by atoms with Gasteiger partial charge in [-0.2, -0.15) is 0 Å². The zero-order valence-electron chi connectivity index (χ0n) is 12.3. The lowest BCUT2D eigenvalue weighted by atomic mass is 9.89. The van der Waals surface area contributed by atoms with Crippen LogP contribution in [-0.2, 0) is 6.42 Å². The molecule has 4 aromatic rings. The molecule has 1 aliphatic carbocycles. The fourth-order valence-electron chi connectivity index (χ4n) is 4.02. The number of rotatable bonds is 0. The van der Waals surface area contributed by atoms with Crippen LogP contribution in [0.25, 0.3) is 37.9 Å². The fourth-order valence-corrected chi connectivity index (χ4v) is 4.02. The summed E-state index contributed by atoms with van der Waals surface area (Å²) in [7, 11) is 0. The standard InChI is InChI=1S/C21H16/c1-12-10-19-17-9-8-15-5-3-4-14-6-7-16(21(17)20(14)15)11-18(19)13(12)2/h3-9,11H,10H2,1-2H3. The molecule has 0 heteroatoms. The van der Waals surface area contributed by atoms with E-state index < -0.39 is 0 Å². The van der Waals surface area contributed by atoms with Crippen LogP contribution in [0.2, 0.25) is 0 Å². The highest BCUT2D eigenvalue weighted by molar-refractivity contribution is 6.24. The number of hydrogen-bond acceptors (Lipinski definition) is 0. The zero-order chi connectivity index (χ0) is 14.1. The van der Waals surface area contributed by atoms with E-state index in [0.29, 0.717) is 0 Å². The molecule has 0 radical (unpaired) electrons. The Morgan fingerprint density at radius 2 is 1.48 bits per heavy atom. The van der Waals surface area contributed by atoms with Gasteiger partial charge >= 0.3 is 0 Å². The van der Waals surface area contributed by atoms with Crippen molar-refractivity contribution in [2.75, 3.05) is 0 Å². The van der Waals surface area contributed by atoms with E-state index in [1.54, 1.807) is 0 Å². The highest BCUT2D eigenvalue weighted by atomic mass is 14.2. The van der Waals surface area contributed by atoms with E-state index in [0.717, 1.165) is 6.42 Å². The third-order valence-electron chi connectivity index (χ3n) is 5.25. The molecule has 0 atom stereocenters. The van der Waals surface area contributed by atoms with E-state index in [-0.39, 0.29) is 0 Å². The lowest BCUT2D eigenvalue weighted by molar-refractivity contribution is 1.21. The molecule has 0 heterocycles. The van der Waals surface area contributed by atoms with Gasteiger partial charge in [-0.3, -0.25) is 0 Å². The van der Waals surface area contributed by atoms with Crippen molar-refractivity contribution >= 4 is 37.9 Å². The van der Waals surface area contributed by atoms with Crippen LogP contribution < -0.4 is 0 Å². The Bertz CT molecular complexity index is 1050. The van der Waals surface area contributed by atoms with Crippen molar-refractivity contribution in [3.8, 4) is 0 Å². The van der Waals surface area contributed by atoms with Crippen molar-refractivity contribution in [2.45, 2.75) is 20.3 Å². The van der Waals surface area contributed by atoms with Gasteiger partial charge in [0, 0.05) is 0 Å². The highest BCUT2D eigenvalue weighted by Crippen LogP contribution is 2.42. The number of hydrogen-bond donors (Lipinski definition) is 0. The molecule has 0 aliphatic heterocycles. The molecule has 1 aliphatic rings. The van der Waals surface area contributed by atoms with Crippen LogP contribution >= 0.6 is 0 Å². The molecule has 0 nitrogen and oxygen atoms in total. The average Bonchev–Trinajstić information content (AvgIpc) is 2.80. The molecule has 0 spiro atoms. The summed E-state index contributed by atoms with van der Waals surface area (Å²) >= 11 is 0.